The van der Waals surface area contributed by atoms with Crippen molar-refractivity contribution in [1.29, 1.82) is 0 Å². The number of Topliss-reactive ketones (excluding diaryl/α,β-unsaturated/α-hetero) is 1. The third-order valence-corrected chi connectivity index (χ3v) is 2.77. The van der Waals surface area contributed by atoms with Gasteiger partial charge in [0.2, 0.25) is 5.78 Å². The molecule has 0 bridgehead atoms. The molecule has 1 heterocycles. The zero-order valence-electron chi connectivity index (χ0n) is 10.5. The molecule has 11 nitrogen and oxygen atoms in total. The normalized spacial score (nSPS) is 22.5. The van der Waals surface area contributed by atoms with E-state index in [0.29, 0.717) is 0 Å². The number of carbonyl (C=O) groups excluding carboxylic acids is 3. The van der Waals surface area contributed by atoms with E-state index in [1.54, 1.807) is 0 Å². The van der Waals surface area contributed by atoms with Gasteiger partial charge in [-0.05, 0) is 0 Å². The average molecular weight is 296 g/mol. The summed E-state index contributed by atoms with van der Waals surface area (Å²) in [5.74, 6) is -3.31. The molecule has 1 saturated heterocycles. The monoisotopic (exact) mass is 296 g/mol. The summed E-state index contributed by atoms with van der Waals surface area (Å²) in [6.07, 6.45) is 0. The van der Waals surface area contributed by atoms with Gasteiger partial charge in [0.05, 0.1) is 11.4 Å². The van der Waals surface area contributed by atoms with Crippen LogP contribution in [0, 0.1) is 0 Å². The fraction of sp³-hybridized carbons (Fsp3) is 0.100. The van der Waals surface area contributed by atoms with Crippen LogP contribution in [0.15, 0.2) is 33.9 Å². The number of esters is 2. The largest absolute Gasteiger partial charge is 0.396 e. The summed E-state index contributed by atoms with van der Waals surface area (Å²) in [6.45, 7) is 0. The Bertz CT molecular complexity index is 634. The van der Waals surface area contributed by atoms with E-state index < -0.39 is 52.1 Å². The molecule has 0 saturated carbocycles. The highest BCUT2D eigenvalue weighted by atomic mass is 16.8. The van der Waals surface area contributed by atoms with Gasteiger partial charge in [-0.2, -0.15) is 0 Å². The van der Waals surface area contributed by atoms with Gasteiger partial charge in [-0.25, -0.2) is 21.1 Å². The molecule has 112 valence electrons. The van der Waals surface area contributed by atoms with Gasteiger partial charge in [-0.3, -0.25) is 4.79 Å². The first kappa shape index (κ1) is 14.4. The van der Waals surface area contributed by atoms with Crippen LogP contribution in [0.1, 0.15) is 0 Å². The summed E-state index contributed by atoms with van der Waals surface area (Å²) in [5, 5.41) is 0. The molecular formula is C10H12N6O5. The van der Waals surface area contributed by atoms with Crippen molar-refractivity contribution < 1.29 is 23.9 Å². The first-order chi connectivity index (χ1) is 9.57. The van der Waals surface area contributed by atoms with Gasteiger partial charge in [-0.1, -0.05) is 0 Å². The third kappa shape index (κ3) is 2.05. The Morgan fingerprint density at radius 1 is 0.667 bits per heavy atom. The SMILES string of the molecule is NC1=C(N)C(=C2C(=O)OC(N)(N)OC2=O)C(N)=C(N)C1=O. The Morgan fingerprint density at radius 3 is 1.43 bits per heavy atom. The summed E-state index contributed by atoms with van der Waals surface area (Å²) >= 11 is 0. The zero-order chi connectivity index (χ0) is 16.1. The van der Waals surface area contributed by atoms with Crippen LogP contribution < -0.4 is 34.4 Å². The van der Waals surface area contributed by atoms with Gasteiger partial charge in [0.25, 0.3) is 0 Å². The molecule has 11 heteroatoms. The highest BCUT2D eigenvalue weighted by molar-refractivity contribution is 6.19. The smallest absolute Gasteiger partial charge is 0.381 e. The Balaban J connectivity index is 2.70. The lowest BCUT2D eigenvalue weighted by Crippen LogP contribution is -2.60. The molecule has 0 radical (unpaired) electrons. The second-order valence-corrected chi connectivity index (χ2v) is 4.23. The van der Waals surface area contributed by atoms with E-state index in [1.165, 1.54) is 0 Å². The number of ether oxygens (including phenoxy) is 2. The predicted molar refractivity (Wildman–Crippen MR) is 66.1 cm³/mol. The Morgan fingerprint density at radius 2 is 1.05 bits per heavy atom. The topological polar surface area (TPSA) is 226 Å². The zero-order valence-corrected chi connectivity index (χ0v) is 10.5. The summed E-state index contributed by atoms with van der Waals surface area (Å²) in [6, 6.07) is -2.42. The van der Waals surface area contributed by atoms with E-state index in [-0.39, 0.29) is 5.57 Å². The number of ketones is 1. The standard InChI is InChI=1S/C10H12N6O5/c11-3-1(4(12)6(14)7(17)5(3)13)2-8(18)20-10(15,16)21-9(2)19/h11-16H2. The molecule has 12 N–H and O–H groups in total. The summed E-state index contributed by atoms with van der Waals surface area (Å²) in [4.78, 5) is 35.3. The van der Waals surface area contributed by atoms with Gasteiger partial charge >= 0.3 is 18.0 Å². The molecule has 21 heavy (non-hydrogen) atoms. The van der Waals surface area contributed by atoms with E-state index in [4.69, 9.17) is 34.4 Å². The van der Waals surface area contributed by atoms with Crippen molar-refractivity contribution >= 4 is 17.7 Å². The van der Waals surface area contributed by atoms with Gasteiger partial charge in [0.1, 0.15) is 11.4 Å². The summed E-state index contributed by atoms with van der Waals surface area (Å²) < 4.78 is 8.99. The molecule has 0 amide bonds. The van der Waals surface area contributed by atoms with Crippen LogP contribution in [0.2, 0.25) is 0 Å². The molecule has 0 aromatic rings. The van der Waals surface area contributed by atoms with E-state index in [2.05, 4.69) is 9.47 Å². The fourth-order valence-electron chi connectivity index (χ4n) is 1.77. The highest BCUT2D eigenvalue weighted by Crippen LogP contribution is 2.29. The lowest BCUT2D eigenvalue weighted by molar-refractivity contribution is -0.231. The molecule has 0 aromatic heterocycles. The van der Waals surface area contributed by atoms with E-state index in [1.807, 2.05) is 0 Å². The number of carbonyl (C=O) groups is 3. The first-order valence-electron chi connectivity index (χ1n) is 5.41. The maximum atomic E-state index is 11.8. The first-order valence-corrected chi connectivity index (χ1v) is 5.41. The van der Waals surface area contributed by atoms with Crippen LogP contribution in [0.4, 0.5) is 0 Å². The minimum atomic E-state index is -2.42. The molecule has 1 aliphatic carbocycles. The fourth-order valence-corrected chi connectivity index (χ4v) is 1.77. The maximum Gasteiger partial charge on any atom is 0.381 e. The van der Waals surface area contributed by atoms with Gasteiger partial charge in [0.15, 0.2) is 5.57 Å². The van der Waals surface area contributed by atoms with E-state index in [9.17, 15) is 14.4 Å². The van der Waals surface area contributed by atoms with Crippen molar-refractivity contribution in [2.45, 2.75) is 6.03 Å². The van der Waals surface area contributed by atoms with Crippen LogP contribution in [-0.4, -0.2) is 23.8 Å². The molecule has 2 rings (SSSR count). The van der Waals surface area contributed by atoms with Crippen molar-refractivity contribution in [2.24, 2.45) is 34.4 Å². The Kier molecular flexibility index (Phi) is 2.89. The summed E-state index contributed by atoms with van der Waals surface area (Å²) in [5.41, 5.74) is 29.7. The molecule has 0 unspecified atom stereocenters. The van der Waals surface area contributed by atoms with E-state index in [0.717, 1.165) is 0 Å². The lowest BCUT2D eigenvalue weighted by atomic mass is 9.92. The molecular weight excluding hydrogens is 284 g/mol. The van der Waals surface area contributed by atoms with Crippen LogP contribution in [0.5, 0.6) is 0 Å². The number of rotatable bonds is 0. The number of hydrogen-bond donors (Lipinski definition) is 6. The van der Waals surface area contributed by atoms with Crippen molar-refractivity contribution in [3.63, 3.8) is 0 Å². The average Bonchev–Trinajstić information content (AvgIpc) is 2.36. The number of nitrogens with two attached hydrogens (primary N) is 6. The third-order valence-electron chi connectivity index (χ3n) is 2.77. The lowest BCUT2D eigenvalue weighted by Gasteiger charge is -2.30. The molecule has 0 atom stereocenters. The van der Waals surface area contributed by atoms with Crippen LogP contribution in [0.25, 0.3) is 0 Å². The quantitative estimate of drug-likeness (QED) is 0.108. The molecule has 1 aliphatic heterocycles. The minimum absolute atomic E-state index is 0.366. The van der Waals surface area contributed by atoms with Crippen LogP contribution in [0.3, 0.4) is 0 Å². The van der Waals surface area contributed by atoms with Gasteiger partial charge < -0.3 is 32.4 Å². The maximum absolute atomic E-state index is 11.8. The van der Waals surface area contributed by atoms with Crippen molar-refractivity contribution in [3.05, 3.63) is 33.9 Å². The highest BCUT2D eigenvalue weighted by Gasteiger charge is 2.44. The second-order valence-electron chi connectivity index (χ2n) is 4.23. The Hall–Kier alpha value is -3.05. The molecule has 2 aliphatic rings. The second kappa shape index (κ2) is 4.22. The number of cyclic esters (lactones) is 2. The van der Waals surface area contributed by atoms with Gasteiger partial charge in [-0.15, -0.1) is 0 Å². The molecule has 0 spiro atoms. The molecule has 1 fully saturated rings. The minimum Gasteiger partial charge on any atom is -0.396 e. The van der Waals surface area contributed by atoms with Crippen LogP contribution >= 0.6 is 0 Å². The van der Waals surface area contributed by atoms with E-state index >= 15 is 0 Å². The van der Waals surface area contributed by atoms with Crippen molar-refractivity contribution in [1.82, 2.24) is 0 Å². The number of hydrogen-bond acceptors (Lipinski definition) is 11. The van der Waals surface area contributed by atoms with Crippen molar-refractivity contribution in [3.8, 4) is 0 Å². The van der Waals surface area contributed by atoms with Crippen LogP contribution in [-0.2, 0) is 23.9 Å². The summed E-state index contributed by atoms with van der Waals surface area (Å²) in [7, 11) is 0. The van der Waals surface area contributed by atoms with Gasteiger partial charge in [0, 0.05) is 5.57 Å². The molecule has 0 aromatic carbocycles. The van der Waals surface area contributed by atoms with Crippen molar-refractivity contribution in [2.75, 3.05) is 0 Å². The predicted octanol–water partition coefficient (Wildman–Crippen LogP) is -4.25. The Labute approximate surface area is 117 Å².